The van der Waals surface area contributed by atoms with Crippen LogP contribution in [-0.4, -0.2) is 27.9 Å². The molecule has 0 atom stereocenters. The van der Waals surface area contributed by atoms with Gasteiger partial charge in [-0.05, 0) is 13.8 Å². The van der Waals surface area contributed by atoms with Gasteiger partial charge in [-0.25, -0.2) is 0 Å². The molecule has 0 amide bonds. The van der Waals surface area contributed by atoms with E-state index in [-0.39, 0.29) is 0 Å². The van der Waals surface area contributed by atoms with Crippen LogP contribution < -0.4 is 19.5 Å². The van der Waals surface area contributed by atoms with Crippen molar-refractivity contribution in [1.82, 2.24) is 5.32 Å². The topological polar surface area (TPSA) is 63.5 Å². The molecule has 0 fully saturated rings. The lowest BCUT2D eigenvalue weighted by Crippen LogP contribution is -2.28. The Kier molecular flexibility index (Phi) is 5.66. The molecule has 110 valence electrons. The van der Waals surface area contributed by atoms with Gasteiger partial charge in [-0.15, -0.1) is 0 Å². The van der Waals surface area contributed by atoms with Crippen LogP contribution in [0.3, 0.4) is 0 Å². The Labute approximate surface area is 120 Å². The third kappa shape index (κ3) is 4.04. The van der Waals surface area contributed by atoms with Crippen LogP contribution in [0, 0.1) is 16.7 Å². The van der Waals surface area contributed by atoms with Crippen molar-refractivity contribution in [3.63, 3.8) is 0 Å². The van der Waals surface area contributed by atoms with E-state index in [1.165, 1.54) is 0 Å². The first-order valence-electron chi connectivity index (χ1n) is 6.38. The number of nitrogens with zero attached hydrogens (tertiary/aromatic N) is 1. The van der Waals surface area contributed by atoms with Crippen LogP contribution in [0.5, 0.6) is 17.2 Å². The van der Waals surface area contributed by atoms with Crippen molar-refractivity contribution in [2.24, 2.45) is 5.41 Å². The Hall–Kier alpha value is -1.93. The Balaban J connectivity index is 2.91. The maximum absolute atomic E-state index is 9.01. The van der Waals surface area contributed by atoms with Gasteiger partial charge >= 0.3 is 0 Å². The highest BCUT2D eigenvalue weighted by molar-refractivity contribution is 5.50. The highest BCUT2D eigenvalue weighted by Gasteiger charge is 2.18. The SMILES string of the molecule is COc1cc(OC)c(CNCC(C)(C)C#N)c(OC)c1. The summed E-state index contributed by atoms with van der Waals surface area (Å²) >= 11 is 0. The molecule has 0 heterocycles. The number of methoxy groups -OCH3 is 3. The summed E-state index contributed by atoms with van der Waals surface area (Å²) in [6.07, 6.45) is 0. The molecule has 20 heavy (non-hydrogen) atoms. The van der Waals surface area contributed by atoms with Crippen LogP contribution >= 0.6 is 0 Å². The Morgan fingerprint density at radius 1 is 1.10 bits per heavy atom. The number of nitriles is 1. The fourth-order valence-corrected chi connectivity index (χ4v) is 1.79. The van der Waals surface area contributed by atoms with Crippen molar-refractivity contribution in [2.75, 3.05) is 27.9 Å². The van der Waals surface area contributed by atoms with Crippen LogP contribution in [0.4, 0.5) is 0 Å². The zero-order valence-electron chi connectivity index (χ0n) is 12.7. The van der Waals surface area contributed by atoms with Crippen LogP contribution in [0.2, 0.25) is 0 Å². The number of nitrogens with one attached hydrogen (secondary N) is 1. The van der Waals surface area contributed by atoms with Gasteiger partial charge in [-0.3, -0.25) is 0 Å². The van der Waals surface area contributed by atoms with E-state index in [0.29, 0.717) is 30.3 Å². The van der Waals surface area contributed by atoms with Crippen molar-refractivity contribution < 1.29 is 14.2 Å². The van der Waals surface area contributed by atoms with E-state index >= 15 is 0 Å². The summed E-state index contributed by atoms with van der Waals surface area (Å²) in [5.74, 6) is 2.08. The Bertz CT molecular complexity index is 467. The molecule has 0 saturated heterocycles. The molecule has 0 unspecified atom stereocenters. The van der Waals surface area contributed by atoms with E-state index in [0.717, 1.165) is 5.56 Å². The summed E-state index contributed by atoms with van der Waals surface area (Å²) in [6, 6.07) is 5.89. The van der Waals surface area contributed by atoms with E-state index in [2.05, 4.69) is 11.4 Å². The summed E-state index contributed by atoms with van der Waals surface area (Å²) in [5.41, 5.74) is 0.497. The zero-order chi connectivity index (χ0) is 15.2. The first-order chi connectivity index (χ1) is 9.47. The molecule has 0 aliphatic rings. The second-order valence-corrected chi connectivity index (χ2v) is 5.11. The Morgan fingerprint density at radius 3 is 2.05 bits per heavy atom. The van der Waals surface area contributed by atoms with E-state index in [4.69, 9.17) is 19.5 Å². The van der Waals surface area contributed by atoms with E-state index < -0.39 is 5.41 Å². The molecule has 0 aliphatic carbocycles. The molecule has 0 saturated carbocycles. The minimum atomic E-state index is -0.410. The highest BCUT2D eigenvalue weighted by Crippen LogP contribution is 2.33. The lowest BCUT2D eigenvalue weighted by atomic mass is 9.96. The normalized spacial score (nSPS) is 10.8. The molecule has 0 bridgehead atoms. The highest BCUT2D eigenvalue weighted by atomic mass is 16.5. The molecule has 0 radical (unpaired) electrons. The summed E-state index contributed by atoms with van der Waals surface area (Å²) in [5, 5.41) is 12.3. The maximum atomic E-state index is 9.01. The lowest BCUT2D eigenvalue weighted by Gasteiger charge is -2.19. The number of hydrogen-bond acceptors (Lipinski definition) is 5. The average molecular weight is 278 g/mol. The average Bonchev–Trinajstić information content (AvgIpc) is 2.46. The fourth-order valence-electron chi connectivity index (χ4n) is 1.79. The number of rotatable bonds is 7. The summed E-state index contributed by atoms with van der Waals surface area (Å²) in [7, 11) is 4.81. The molecule has 1 N–H and O–H groups in total. The van der Waals surface area contributed by atoms with E-state index in [1.807, 2.05) is 26.0 Å². The Morgan fingerprint density at radius 2 is 1.65 bits per heavy atom. The van der Waals surface area contributed by atoms with Crippen LogP contribution in [0.25, 0.3) is 0 Å². The van der Waals surface area contributed by atoms with Gasteiger partial charge in [0.25, 0.3) is 0 Å². The lowest BCUT2D eigenvalue weighted by molar-refractivity contribution is 0.363. The summed E-state index contributed by atoms with van der Waals surface area (Å²) in [4.78, 5) is 0. The largest absolute Gasteiger partial charge is 0.496 e. The van der Waals surface area contributed by atoms with Gasteiger partial charge in [-0.1, -0.05) is 0 Å². The number of benzene rings is 1. The van der Waals surface area contributed by atoms with E-state index in [9.17, 15) is 0 Å². The second-order valence-electron chi connectivity index (χ2n) is 5.11. The molecule has 0 spiro atoms. The molecular formula is C15H22N2O3. The quantitative estimate of drug-likeness (QED) is 0.829. The molecule has 5 nitrogen and oxygen atoms in total. The van der Waals surface area contributed by atoms with Gasteiger partial charge in [0, 0.05) is 25.2 Å². The molecular weight excluding hydrogens is 256 g/mol. The molecule has 5 heteroatoms. The van der Waals surface area contributed by atoms with Gasteiger partial charge in [0.2, 0.25) is 0 Å². The van der Waals surface area contributed by atoms with Gasteiger partial charge in [-0.2, -0.15) is 5.26 Å². The molecule has 0 aliphatic heterocycles. The van der Waals surface area contributed by atoms with Crippen LogP contribution in [-0.2, 0) is 6.54 Å². The molecule has 1 aromatic carbocycles. The van der Waals surface area contributed by atoms with Crippen molar-refractivity contribution in [1.29, 1.82) is 5.26 Å². The van der Waals surface area contributed by atoms with Gasteiger partial charge in [0.15, 0.2) is 0 Å². The van der Waals surface area contributed by atoms with Crippen molar-refractivity contribution >= 4 is 0 Å². The minimum absolute atomic E-state index is 0.410. The predicted molar refractivity (Wildman–Crippen MR) is 77.2 cm³/mol. The van der Waals surface area contributed by atoms with Crippen molar-refractivity contribution in [2.45, 2.75) is 20.4 Å². The first-order valence-corrected chi connectivity index (χ1v) is 6.38. The minimum Gasteiger partial charge on any atom is -0.496 e. The standard InChI is InChI=1S/C15H22N2O3/c1-15(2,9-16)10-17-8-12-13(19-4)6-11(18-3)7-14(12)20-5/h6-7,17H,8,10H2,1-5H3. The number of hydrogen-bond donors (Lipinski definition) is 1. The molecule has 1 aromatic rings. The van der Waals surface area contributed by atoms with Gasteiger partial charge < -0.3 is 19.5 Å². The summed E-state index contributed by atoms with van der Waals surface area (Å²) < 4.78 is 16.0. The number of ether oxygens (including phenoxy) is 3. The van der Waals surface area contributed by atoms with Crippen LogP contribution in [0.1, 0.15) is 19.4 Å². The maximum Gasteiger partial charge on any atom is 0.130 e. The van der Waals surface area contributed by atoms with Crippen molar-refractivity contribution in [3.05, 3.63) is 17.7 Å². The summed E-state index contributed by atoms with van der Waals surface area (Å²) in [6.45, 7) is 4.92. The van der Waals surface area contributed by atoms with Crippen molar-refractivity contribution in [3.8, 4) is 23.3 Å². The van der Waals surface area contributed by atoms with E-state index in [1.54, 1.807) is 21.3 Å². The second kappa shape index (κ2) is 7.01. The smallest absolute Gasteiger partial charge is 0.130 e. The fraction of sp³-hybridized carbons (Fsp3) is 0.533. The first kappa shape index (κ1) is 16.1. The third-order valence-corrected chi connectivity index (χ3v) is 2.99. The van der Waals surface area contributed by atoms with Gasteiger partial charge in [0.1, 0.15) is 17.2 Å². The third-order valence-electron chi connectivity index (χ3n) is 2.99. The van der Waals surface area contributed by atoms with Crippen LogP contribution in [0.15, 0.2) is 12.1 Å². The zero-order valence-corrected chi connectivity index (χ0v) is 12.7. The molecule has 1 rings (SSSR count). The monoisotopic (exact) mass is 278 g/mol. The predicted octanol–water partition coefficient (Wildman–Crippen LogP) is 2.35. The molecule has 0 aromatic heterocycles. The van der Waals surface area contributed by atoms with Gasteiger partial charge in [0.05, 0.1) is 38.4 Å².